The number of carboxylic acids is 1. The largest absolute Gasteiger partial charge is 0.480 e. The number of hydrogen-bond acceptors (Lipinski definition) is 5. The molecule has 1 amide bonds. The van der Waals surface area contributed by atoms with E-state index >= 15 is 0 Å². The minimum absolute atomic E-state index is 0.0648. The number of carboxylic acid groups (broad SMARTS) is 1. The number of anilines is 1. The standard InChI is InChI=1S/C15H19N3O5S/c1-10(14(20)21)18-9-8-15(7-6-13(18)19)16-11-4-2-3-5-12(11)24(22,23)17-15/h2-5,10,16-17H,6-9H2,1H3,(H,20,21)/t10-,15-/m1/s1. The molecule has 1 fully saturated rings. The molecule has 0 radical (unpaired) electrons. The molecule has 0 aliphatic carbocycles. The molecular formula is C15H19N3O5S. The van der Waals surface area contributed by atoms with Crippen LogP contribution in [0, 0.1) is 0 Å². The molecule has 8 nitrogen and oxygen atoms in total. The van der Waals surface area contributed by atoms with E-state index in [1.165, 1.54) is 17.9 Å². The van der Waals surface area contributed by atoms with Crippen molar-refractivity contribution in [2.45, 2.75) is 42.8 Å². The van der Waals surface area contributed by atoms with Gasteiger partial charge in [0.15, 0.2) is 0 Å². The van der Waals surface area contributed by atoms with Crippen molar-refractivity contribution in [1.82, 2.24) is 9.62 Å². The molecule has 1 spiro atoms. The third-order valence-corrected chi connectivity index (χ3v) is 6.17. The lowest BCUT2D eigenvalue weighted by atomic mass is 10.0. The Hall–Kier alpha value is -2.13. The van der Waals surface area contributed by atoms with E-state index in [1.807, 2.05) is 0 Å². The zero-order chi connectivity index (χ0) is 17.5. The SMILES string of the molecule is C[C@H](C(=O)O)N1CC[C@]2(CCC1=O)Nc1ccccc1S(=O)(=O)N2. The average Bonchev–Trinajstić information content (AvgIpc) is 2.66. The Balaban J connectivity index is 1.91. The fourth-order valence-corrected chi connectivity index (χ4v) is 4.74. The van der Waals surface area contributed by atoms with Crippen LogP contribution in [0.3, 0.4) is 0 Å². The first kappa shape index (κ1) is 16.7. The average molecular weight is 353 g/mol. The van der Waals surface area contributed by atoms with Gasteiger partial charge in [-0.1, -0.05) is 12.1 Å². The molecule has 24 heavy (non-hydrogen) atoms. The van der Waals surface area contributed by atoms with E-state index in [9.17, 15) is 18.0 Å². The summed E-state index contributed by atoms with van der Waals surface area (Å²) in [5.74, 6) is -1.37. The van der Waals surface area contributed by atoms with E-state index in [1.54, 1.807) is 18.2 Å². The van der Waals surface area contributed by atoms with Gasteiger partial charge in [0.1, 0.15) is 16.6 Å². The first-order valence-electron chi connectivity index (χ1n) is 7.68. The van der Waals surface area contributed by atoms with E-state index < -0.39 is 27.7 Å². The molecule has 1 aromatic rings. The van der Waals surface area contributed by atoms with Crippen LogP contribution in [0.5, 0.6) is 0 Å². The second-order valence-electron chi connectivity index (χ2n) is 6.16. The van der Waals surface area contributed by atoms with Crippen molar-refractivity contribution in [3.05, 3.63) is 24.3 Å². The van der Waals surface area contributed by atoms with Crippen molar-refractivity contribution >= 4 is 27.6 Å². The molecule has 0 aromatic heterocycles. The summed E-state index contributed by atoms with van der Waals surface area (Å²) in [5.41, 5.74) is -0.501. The van der Waals surface area contributed by atoms with Crippen molar-refractivity contribution < 1.29 is 23.1 Å². The van der Waals surface area contributed by atoms with Crippen molar-refractivity contribution in [2.75, 3.05) is 11.9 Å². The number of fused-ring (bicyclic) bond motifs is 1. The quantitative estimate of drug-likeness (QED) is 0.716. The Morgan fingerprint density at radius 1 is 1.33 bits per heavy atom. The third-order valence-electron chi connectivity index (χ3n) is 4.57. The molecule has 1 saturated heterocycles. The molecule has 2 aliphatic heterocycles. The number of nitrogens with one attached hydrogen (secondary N) is 2. The third kappa shape index (κ3) is 2.84. The highest BCUT2D eigenvalue weighted by molar-refractivity contribution is 7.89. The summed E-state index contributed by atoms with van der Waals surface area (Å²) in [7, 11) is -3.70. The highest BCUT2D eigenvalue weighted by atomic mass is 32.2. The lowest BCUT2D eigenvalue weighted by Crippen LogP contribution is -2.57. The number of hydrogen-bond donors (Lipinski definition) is 3. The maximum Gasteiger partial charge on any atom is 0.326 e. The molecule has 130 valence electrons. The summed E-state index contributed by atoms with van der Waals surface area (Å²) in [6, 6.07) is 5.63. The Bertz CT molecular complexity index is 794. The van der Waals surface area contributed by atoms with Gasteiger partial charge in [-0.2, -0.15) is 4.72 Å². The topological polar surface area (TPSA) is 116 Å². The first-order valence-corrected chi connectivity index (χ1v) is 9.16. The summed E-state index contributed by atoms with van der Waals surface area (Å²) < 4.78 is 27.7. The van der Waals surface area contributed by atoms with Crippen LogP contribution in [0.4, 0.5) is 5.69 Å². The van der Waals surface area contributed by atoms with Gasteiger partial charge in [0.2, 0.25) is 15.9 Å². The van der Waals surface area contributed by atoms with Crippen LogP contribution in [-0.2, 0) is 19.6 Å². The van der Waals surface area contributed by atoms with Gasteiger partial charge < -0.3 is 15.3 Å². The molecule has 0 unspecified atom stereocenters. The van der Waals surface area contributed by atoms with Crippen molar-refractivity contribution in [2.24, 2.45) is 0 Å². The second kappa shape index (κ2) is 5.75. The molecule has 9 heteroatoms. The summed E-state index contributed by atoms with van der Waals surface area (Å²) in [4.78, 5) is 24.9. The van der Waals surface area contributed by atoms with Crippen LogP contribution in [0.2, 0.25) is 0 Å². The Kier molecular flexibility index (Phi) is 4.00. The van der Waals surface area contributed by atoms with Crippen molar-refractivity contribution in [3.63, 3.8) is 0 Å². The molecule has 3 rings (SSSR count). The number of nitrogens with zero attached hydrogens (tertiary/aromatic N) is 1. The lowest BCUT2D eigenvalue weighted by molar-refractivity contribution is -0.149. The summed E-state index contributed by atoms with van der Waals surface area (Å²) in [5, 5.41) is 12.3. The smallest absolute Gasteiger partial charge is 0.326 e. The van der Waals surface area contributed by atoms with E-state index in [0.29, 0.717) is 5.69 Å². The van der Waals surface area contributed by atoms with Crippen LogP contribution in [0.15, 0.2) is 29.2 Å². The van der Waals surface area contributed by atoms with E-state index in [0.717, 1.165) is 0 Å². The van der Waals surface area contributed by atoms with Crippen molar-refractivity contribution in [1.29, 1.82) is 0 Å². The van der Waals surface area contributed by atoms with Gasteiger partial charge in [0.25, 0.3) is 0 Å². The zero-order valence-corrected chi connectivity index (χ0v) is 14.0. The number of sulfonamides is 1. The molecular weight excluding hydrogens is 334 g/mol. The van der Waals surface area contributed by atoms with Gasteiger partial charge >= 0.3 is 5.97 Å². The number of rotatable bonds is 2. The number of para-hydroxylation sites is 1. The number of amides is 1. The van der Waals surface area contributed by atoms with Crippen LogP contribution in [-0.4, -0.2) is 48.6 Å². The lowest BCUT2D eigenvalue weighted by Gasteiger charge is -2.39. The first-order chi connectivity index (χ1) is 11.2. The molecule has 2 heterocycles. The highest BCUT2D eigenvalue weighted by Gasteiger charge is 2.44. The number of aliphatic carboxylic acids is 1. The van der Waals surface area contributed by atoms with Gasteiger partial charge in [-0.25, -0.2) is 13.2 Å². The number of likely N-dealkylation sites (tertiary alicyclic amines) is 1. The summed E-state index contributed by atoms with van der Waals surface area (Å²) in [6.45, 7) is 1.61. The maximum absolute atomic E-state index is 12.5. The van der Waals surface area contributed by atoms with Gasteiger partial charge in [-0.3, -0.25) is 4.79 Å². The molecule has 0 bridgehead atoms. The maximum atomic E-state index is 12.5. The second-order valence-corrected chi connectivity index (χ2v) is 7.81. The summed E-state index contributed by atoms with van der Waals surface area (Å²) in [6.07, 6.45) is 0.599. The Morgan fingerprint density at radius 3 is 2.75 bits per heavy atom. The number of carbonyl (C=O) groups excluding carboxylic acids is 1. The van der Waals surface area contributed by atoms with Gasteiger partial charge in [0, 0.05) is 19.4 Å². The monoisotopic (exact) mass is 353 g/mol. The van der Waals surface area contributed by atoms with Gasteiger partial charge in [0.05, 0.1) is 5.69 Å². The normalized spacial score (nSPS) is 27.0. The van der Waals surface area contributed by atoms with E-state index in [2.05, 4.69) is 10.0 Å². The predicted molar refractivity (Wildman–Crippen MR) is 85.8 cm³/mol. The predicted octanol–water partition coefficient (Wildman–Crippen LogP) is 0.572. The fraction of sp³-hybridized carbons (Fsp3) is 0.467. The molecule has 0 saturated carbocycles. The van der Waals surface area contributed by atoms with Crippen molar-refractivity contribution in [3.8, 4) is 0 Å². The fourth-order valence-electron chi connectivity index (χ4n) is 3.19. The zero-order valence-electron chi connectivity index (χ0n) is 13.2. The molecule has 1 aromatic carbocycles. The van der Waals surface area contributed by atoms with Crippen LogP contribution < -0.4 is 10.0 Å². The summed E-state index contributed by atoms with van der Waals surface area (Å²) >= 11 is 0. The highest BCUT2D eigenvalue weighted by Crippen LogP contribution is 2.35. The van der Waals surface area contributed by atoms with E-state index in [-0.39, 0.29) is 36.6 Å². The Morgan fingerprint density at radius 2 is 2.04 bits per heavy atom. The Labute approximate surface area is 139 Å². The minimum atomic E-state index is -3.70. The molecule has 2 aliphatic rings. The van der Waals surface area contributed by atoms with E-state index in [4.69, 9.17) is 5.11 Å². The minimum Gasteiger partial charge on any atom is -0.480 e. The number of carbonyl (C=O) groups is 2. The van der Waals surface area contributed by atoms with Crippen LogP contribution in [0.1, 0.15) is 26.2 Å². The molecule has 2 atom stereocenters. The number of benzene rings is 1. The van der Waals surface area contributed by atoms with Gasteiger partial charge in [-0.05, 0) is 25.5 Å². The van der Waals surface area contributed by atoms with Crippen LogP contribution >= 0.6 is 0 Å². The molecule has 3 N–H and O–H groups in total. The van der Waals surface area contributed by atoms with Crippen LogP contribution in [0.25, 0.3) is 0 Å². The van der Waals surface area contributed by atoms with Gasteiger partial charge in [-0.15, -0.1) is 0 Å².